The molecular formula is C14H15NO. The second-order valence-electron chi connectivity index (χ2n) is 3.99. The molecule has 0 fully saturated rings. The molecule has 3 N–H and O–H groups in total. The quantitative estimate of drug-likeness (QED) is 0.753. The van der Waals surface area contributed by atoms with Crippen LogP contribution in [0.15, 0.2) is 48.5 Å². The summed E-state index contributed by atoms with van der Waals surface area (Å²) < 4.78 is 0. The lowest BCUT2D eigenvalue weighted by molar-refractivity contribution is 0.220. The standard InChI is InChI=1S/C14H15NO/c1-10-4-2-5-11(8-10)14(16)12-6-3-7-13(15)9-12/h2-9,14,16H,15H2,1H3. The van der Waals surface area contributed by atoms with Crippen molar-refractivity contribution in [3.63, 3.8) is 0 Å². The highest BCUT2D eigenvalue weighted by molar-refractivity contribution is 5.43. The van der Waals surface area contributed by atoms with Crippen LogP contribution < -0.4 is 5.73 Å². The molecule has 2 aromatic carbocycles. The molecule has 0 radical (unpaired) electrons. The summed E-state index contributed by atoms with van der Waals surface area (Å²) in [7, 11) is 0. The normalized spacial score (nSPS) is 12.4. The number of aryl methyl sites for hydroxylation is 1. The summed E-state index contributed by atoms with van der Waals surface area (Å²) in [6, 6.07) is 15.2. The van der Waals surface area contributed by atoms with Gasteiger partial charge in [0.2, 0.25) is 0 Å². The largest absolute Gasteiger partial charge is 0.399 e. The van der Waals surface area contributed by atoms with Gasteiger partial charge in [-0.3, -0.25) is 0 Å². The van der Waals surface area contributed by atoms with Gasteiger partial charge in [-0.2, -0.15) is 0 Å². The molecule has 82 valence electrons. The predicted molar refractivity (Wildman–Crippen MR) is 66.1 cm³/mol. The van der Waals surface area contributed by atoms with E-state index in [9.17, 15) is 5.11 Å². The summed E-state index contributed by atoms with van der Waals surface area (Å²) in [5.74, 6) is 0. The van der Waals surface area contributed by atoms with Gasteiger partial charge in [-0.15, -0.1) is 0 Å². The summed E-state index contributed by atoms with van der Waals surface area (Å²) in [5.41, 5.74) is 9.22. The second kappa shape index (κ2) is 4.37. The number of hydrogen-bond donors (Lipinski definition) is 2. The average Bonchev–Trinajstić information content (AvgIpc) is 2.28. The maximum absolute atomic E-state index is 10.2. The fraction of sp³-hybridized carbons (Fsp3) is 0.143. The third kappa shape index (κ3) is 2.23. The van der Waals surface area contributed by atoms with E-state index in [1.165, 1.54) is 0 Å². The Morgan fingerprint density at radius 3 is 2.25 bits per heavy atom. The Morgan fingerprint density at radius 2 is 1.62 bits per heavy atom. The lowest BCUT2D eigenvalue weighted by Crippen LogP contribution is -2.00. The number of anilines is 1. The summed E-state index contributed by atoms with van der Waals surface area (Å²) in [6.45, 7) is 2.01. The molecule has 0 spiro atoms. The topological polar surface area (TPSA) is 46.2 Å². The smallest absolute Gasteiger partial charge is 0.104 e. The number of rotatable bonds is 2. The zero-order valence-electron chi connectivity index (χ0n) is 9.22. The van der Waals surface area contributed by atoms with E-state index in [1.807, 2.05) is 49.4 Å². The number of nitrogen functional groups attached to an aromatic ring is 1. The molecule has 2 aromatic rings. The van der Waals surface area contributed by atoms with Crippen molar-refractivity contribution >= 4 is 5.69 Å². The highest BCUT2D eigenvalue weighted by atomic mass is 16.3. The van der Waals surface area contributed by atoms with Gasteiger partial charge in [0.15, 0.2) is 0 Å². The summed E-state index contributed by atoms with van der Waals surface area (Å²) >= 11 is 0. The van der Waals surface area contributed by atoms with E-state index in [4.69, 9.17) is 5.73 Å². The molecule has 1 atom stereocenters. The van der Waals surface area contributed by atoms with Crippen LogP contribution in [0.5, 0.6) is 0 Å². The second-order valence-corrected chi connectivity index (χ2v) is 3.99. The van der Waals surface area contributed by atoms with Crippen LogP contribution in [0.3, 0.4) is 0 Å². The van der Waals surface area contributed by atoms with E-state index in [-0.39, 0.29) is 0 Å². The molecule has 0 heterocycles. The molecule has 0 aromatic heterocycles. The first-order valence-electron chi connectivity index (χ1n) is 5.27. The summed E-state index contributed by atoms with van der Waals surface area (Å²) in [4.78, 5) is 0. The minimum Gasteiger partial charge on any atom is -0.399 e. The van der Waals surface area contributed by atoms with Gasteiger partial charge in [0.25, 0.3) is 0 Å². The Kier molecular flexibility index (Phi) is 2.93. The first-order valence-corrected chi connectivity index (χ1v) is 5.27. The molecule has 0 bridgehead atoms. The first-order chi connectivity index (χ1) is 7.66. The fourth-order valence-electron chi connectivity index (χ4n) is 1.76. The molecule has 2 rings (SSSR count). The molecule has 0 saturated carbocycles. The maximum atomic E-state index is 10.2. The van der Waals surface area contributed by atoms with E-state index >= 15 is 0 Å². The Labute approximate surface area is 95.4 Å². The molecule has 0 amide bonds. The van der Waals surface area contributed by atoms with Gasteiger partial charge in [-0.25, -0.2) is 0 Å². The van der Waals surface area contributed by atoms with Crippen LogP contribution in [0.25, 0.3) is 0 Å². The van der Waals surface area contributed by atoms with Crippen molar-refractivity contribution in [3.8, 4) is 0 Å². The van der Waals surface area contributed by atoms with Crippen LogP contribution in [0.1, 0.15) is 22.8 Å². The molecule has 2 heteroatoms. The van der Waals surface area contributed by atoms with Crippen molar-refractivity contribution in [2.75, 3.05) is 5.73 Å². The van der Waals surface area contributed by atoms with E-state index < -0.39 is 6.10 Å². The van der Waals surface area contributed by atoms with Crippen molar-refractivity contribution in [3.05, 3.63) is 65.2 Å². The number of aliphatic hydroxyl groups is 1. The number of benzene rings is 2. The molecule has 0 saturated heterocycles. The molecule has 0 aliphatic heterocycles. The molecule has 1 unspecified atom stereocenters. The minimum atomic E-state index is -0.608. The van der Waals surface area contributed by atoms with Gasteiger partial charge in [0, 0.05) is 5.69 Å². The van der Waals surface area contributed by atoms with E-state index in [1.54, 1.807) is 6.07 Å². The Bertz CT molecular complexity index is 448. The van der Waals surface area contributed by atoms with Crippen LogP contribution in [0.4, 0.5) is 5.69 Å². The van der Waals surface area contributed by atoms with Crippen LogP contribution in [0.2, 0.25) is 0 Å². The van der Waals surface area contributed by atoms with Crippen LogP contribution >= 0.6 is 0 Å². The Hall–Kier alpha value is -1.80. The SMILES string of the molecule is Cc1cccc(C(O)c2cccc(N)c2)c1. The van der Waals surface area contributed by atoms with Crippen molar-refractivity contribution in [1.29, 1.82) is 0 Å². The summed E-state index contributed by atoms with van der Waals surface area (Å²) in [5, 5.41) is 10.2. The van der Waals surface area contributed by atoms with Gasteiger partial charge in [0.05, 0.1) is 0 Å². The third-order valence-electron chi connectivity index (χ3n) is 2.58. The first kappa shape index (κ1) is 10.7. The zero-order chi connectivity index (χ0) is 11.5. The van der Waals surface area contributed by atoms with Crippen molar-refractivity contribution in [2.45, 2.75) is 13.0 Å². The van der Waals surface area contributed by atoms with Crippen molar-refractivity contribution < 1.29 is 5.11 Å². The third-order valence-corrected chi connectivity index (χ3v) is 2.58. The molecule has 2 nitrogen and oxygen atoms in total. The minimum absolute atomic E-state index is 0.608. The molecular weight excluding hydrogens is 198 g/mol. The highest BCUT2D eigenvalue weighted by Crippen LogP contribution is 2.23. The van der Waals surface area contributed by atoms with Gasteiger partial charge in [0.1, 0.15) is 6.10 Å². The number of nitrogens with two attached hydrogens (primary N) is 1. The maximum Gasteiger partial charge on any atom is 0.104 e. The predicted octanol–water partition coefficient (Wildman–Crippen LogP) is 2.66. The molecule has 0 aliphatic carbocycles. The molecule has 16 heavy (non-hydrogen) atoms. The van der Waals surface area contributed by atoms with Crippen LogP contribution in [-0.4, -0.2) is 5.11 Å². The van der Waals surface area contributed by atoms with Crippen molar-refractivity contribution in [1.82, 2.24) is 0 Å². The van der Waals surface area contributed by atoms with Crippen LogP contribution in [0, 0.1) is 6.92 Å². The van der Waals surface area contributed by atoms with Gasteiger partial charge < -0.3 is 10.8 Å². The fourth-order valence-corrected chi connectivity index (χ4v) is 1.76. The monoisotopic (exact) mass is 213 g/mol. The Morgan fingerprint density at radius 1 is 1.00 bits per heavy atom. The average molecular weight is 213 g/mol. The lowest BCUT2D eigenvalue weighted by atomic mass is 10.00. The summed E-state index contributed by atoms with van der Waals surface area (Å²) in [6.07, 6.45) is -0.608. The van der Waals surface area contributed by atoms with Gasteiger partial charge >= 0.3 is 0 Å². The van der Waals surface area contributed by atoms with E-state index in [0.29, 0.717) is 5.69 Å². The molecule has 0 aliphatic rings. The Balaban J connectivity index is 2.35. The lowest BCUT2D eigenvalue weighted by Gasteiger charge is -2.12. The van der Waals surface area contributed by atoms with Crippen molar-refractivity contribution in [2.24, 2.45) is 0 Å². The number of aliphatic hydroxyl groups excluding tert-OH is 1. The zero-order valence-corrected chi connectivity index (χ0v) is 9.22. The van der Waals surface area contributed by atoms with Crippen LogP contribution in [-0.2, 0) is 0 Å². The highest BCUT2D eigenvalue weighted by Gasteiger charge is 2.10. The van der Waals surface area contributed by atoms with E-state index in [0.717, 1.165) is 16.7 Å². The number of hydrogen-bond acceptors (Lipinski definition) is 2. The van der Waals surface area contributed by atoms with E-state index in [2.05, 4.69) is 0 Å². The van der Waals surface area contributed by atoms with Gasteiger partial charge in [-0.05, 0) is 30.2 Å². The van der Waals surface area contributed by atoms with Gasteiger partial charge in [-0.1, -0.05) is 42.0 Å².